The fraction of sp³-hybridized carbons (Fsp3) is 0.571. The number of carbonyl (C=O) groups is 1. The first-order chi connectivity index (χ1) is 4.24. The lowest BCUT2D eigenvalue weighted by Crippen LogP contribution is -2.06. The predicted molar refractivity (Wildman–Crippen MR) is 37.6 cm³/mol. The number of aliphatic hydroxyl groups excluding tert-OH is 1. The summed E-state index contributed by atoms with van der Waals surface area (Å²) in [5.41, 5.74) is 0. The standard InChI is InChI=1S/C6H8O3.CH4/c1-2-4-3-5(7)6(8)9-4;/h3-4,7H,2H2,1H3;1H4. The van der Waals surface area contributed by atoms with Crippen LogP contribution in [-0.4, -0.2) is 17.2 Å². The van der Waals surface area contributed by atoms with E-state index in [4.69, 9.17) is 5.11 Å². The van der Waals surface area contributed by atoms with Crippen molar-refractivity contribution >= 4 is 5.97 Å². The van der Waals surface area contributed by atoms with Crippen LogP contribution in [0.5, 0.6) is 0 Å². The van der Waals surface area contributed by atoms with Crippen molar-refractivity contribution in [2.45, 2.75) is 26.9 Å². The molecule has 0 aliphatic carbocycles. The second kappa shape index (κ2) is 3.25. The summed E-state index contributed by atoms with van der Waals surface area (Å²) >= 11 is 0. The molecule has 0 fully saturated rings. The van der Waals surface area contributed by atoms with E-state index in [-0.39, 0.29) is 19.3 Å². The molecule has 1 unspecified atom stereocenters. The molecular weight excluding hydrogens is 132 g/mol. The van der Waals surface area contributed by atoms with Crippen LogP contribution >= 0.6 is 0 Å². The summed E-state index contributed by atoms with van der Waals surface area (Å²) in [6, 6.07) is 0. The first kappa shape index (κ1) is 9.01. The Hall–Kier alpha value is -0.990. The van der Waals surface area contributed by atoms with E-state index in [9.17, 15) is 4.79 Å². The Morgan fingerprint density at radius 3 is 2.60 bits per heavy atom. The predicted octanol–water partition coefficient (Wildman–Crippen LogP) is 1.40. The molecule has 0 saturated carbocycles. The first-order valence-corrected chi connectivity index (χ1v) is 2.85. The zero-order valence-corrected chi connectivity index (χ0v) is 5.13. The van der Waals surface area contributed by atoms with Gasteiger partial charge in [0, 0.05) is 6.08 Å². The van der Waals surface area contributed by atoms with Crippen LogP contribution in [0, 0.1) is 0 Å². The highest BCUT2D eigenvalue weighted by Crippen LogP contribution is 2.12. The number of cyclic esters (lactones) is 1. The average molecular weight is 144 g/mol. The van der Waals surface area contributed by atoms with Crippen molar-refractivity contribution in [2.75, 3.05) is 0 Å². The first-order valence-electron chi connectivity index (χ1n) is 2.85. The van der Waals surface area contributed by atoms with Gasteiger partial charge in [0.25, 0.3) is 0 Å². The molecule has 0 saturated heterocycles. The highest BCUT2D eigenvalue weighted by atomic mass is 16.6. The third-order valence-electron chi connectivity index (χ3n) is 1.21. The van der Waals surface area contributed by atoms with Gasteiger partial charge in [-0.05, 0) is 6.42 Å². The van der Waals surface area contributed by atoms with Crippen LogP contribution in [-0.2, 0) is 9.53 Å². The maximum atomic E-state index is 10.4. The van der Waals surface area contributed by atoms with Gasteiger partial charge in [-0.1, -0.05) is 14.4 Å². The largest absolute Gasteiger partial charge is 0.502 e. The minimum Gasteiger partial charge on any atom is -0.502 e. The fourth-order valence-corrected chi connectivity index (χ4v) is 0.677. The Morgan fingerprint density at radius 1 is 1.80 bits per heavy atom. The molecule has 0 bridgehead atoms. The van der Waals surface area contributed by atoms with Crippen molar-refractivity contribution in [3.63, 3.8) is 0 Å². The molecule has 1 aliphatic rings. The Bertz CT molecular complexity index is 160. The van der Waals surface area contributed by atoms with Gasteiger partial charge >= 0.3 is 5.97 Å². The van der Waals surface area contributed by atoms with Crippen molar-refractivity contribution < 1.29 is 14.6 Å². The zero-order chi connectivity index (χ0) is 6.85. The van der Waals surface area contributed by atoms with E-state index < -0.39 is 5.97 Å². The number of hydrogen-bond donors (Lipinski definition) is 1. The van der Waals surface area contributed by atoms with E-state index in [2.05, 4.69) is 4.74 Å². The van der Waals surface area contributed by atoms with Gasteiger partial charge in [0.15, 0.2) is 0 Å². The lowest BCUT2D eigenvalue weighted by atomic mass is 10.3. The summed E-state index contributed by atoms with van der Waals surface area (Å²) in [5.74, 6) is -0.872. The van der Waals surface area contributed by atoms with Gasteiger partial charge in [-0.3, -0.25) is 0 Å². The Kier molecular flexibility index (Phi) is 2.93. The molecule has 0 amide bonds. The Balaban J connectivity index is 0.000000810. The van der Waals surface area contributed by atoms with Gasteiger partial charge in [0.1, 0.15) is 6.10 Å². The smallest absolute Gasteiger partial charge is 0.373 e. The number of carbonyl (C=O) groups excluding carboxylic acids is 1. The lowest BCUT2D eigenvalue weighted by molar-refractivity contribution is -0.142. The van der Waals surface area contributed by atoms with E-state index in [1.165, 1.54) is 6.08 Å². The van der Waals surface area contributed by atoms with Crippen molar-refractivity contribution in [3.05, 3.63) is 11.8 Å². The van der Waals surface area contributed by atoms with Crippen LogP contribution in [0.1, 0.15) is 20.8 Å². The molecule has 3 heteroatoms. The second-order valence-corrected chi connectivity index (χ2v) is 1.90. The molecule has 0 aromatic carbocycles. The summed E-state index contributed by atoms with van der Waals surface area (Å²) in [4.78, 5) is 10.4. The summed E-state index contributed by atoms with van der Waals surface area (Å²) in [6.45, 7) is 1.88. The number of esters is 1. The van der Waals surface area contributed by atoms with Crippen LogP contribution < -0.4 is 0 Å². The van der Waals surface area contributed by atoms with Crippen LogP contribution in [0.25, 0.3) is 0 Å². The third kappa shape index (κ3) is 1.50. The van der Waals surface area contributed by atoms with Crippen molar-refractivity contribution in [1.82, 2.24) is 0 Å². The molecular formula is C7H12O3. The molecule has 1 rings (SSSR count). The molecule has 1 heterocycles. The highest BCUT2D eigenvalue weighted by molar-refractivity contribution is 5.88. The third-order valence-corrected chi connectivity index (χ3v) is 1.21. The van der Waals surface area contributed by atoms with Crippen molar-refractivity contribution in [3.8, 4) is 0 Å². The molecule has 10 heavy (non-hydrogen) atoms. The highest BCUT2D eigenvalue weighted by Gasteiger charge is 2.22. The van der Waals surface area contributed by atoms with Crippen molar-refractivity contribution in [1.29, 1.82) is 0 Å². The summed E-state index contributed by atoms with van der Waals surface area (Å²) in [6.07, 6.45) is 1.93. The quantitative estimate of drug-likeness (QED) is 0.566. The molecule has 1 aliphatic heterocycles. The van der Waals surface area contributed by atoms with Crippen LogP contribution in [0.15, 0.2) is 11.8 Å². The molecule has 58 valence electrons. The number of aliphatic hydroxyl groups is 1. The van der Waals surface area contributed by atoms with Crippen LogP contribution in [0.2, 0.25) is 0 Å². The van der Waals surface area contributed by atoms with Crippen LogP contribution in [0.3, 0.4) is 0 Å². The van der Waals surface area contributed by atoms with Gasteiger partial charge in [-0.15, -0.1) is 0 Å². The molecule has 0 aromatic rings. The number of rotatable bonds is 1. The van der Waals surface area contributed by atoms with Gasteiger partial charge in [-0.2, -0.15) is 0 Å². The van der Waals surface area contributed by atoms with Crippen molar-refractivity contribution in [2.24, 2.45) is 0 Å². The summed E-state index contributed by atoms with van der Waals surface area (Å²) in [7, 11) is 0. The van der Waals surface area contributed by atoms with Gasteiger partial charge in [0.2, 0.25) is 5.76 Å². The van der Waals surface area contributed by atoms with E-state index in [1.54, 1.807) is 0 Å². The van der Waals surface area contributed by atoms with Gasteiger partial charge in [-0.25, -0.2) is 4.79 Å². The Labute approximate surface area is 60.3 Å². The minimum atomic E-state index is -0.609. The topological polar surface area (TPSA) is 46.5 Å². The Morgan fingerprint density at radius 2 is 2.40 bits per heavy atom. The monoisotopic (exact) mass is 144 g/mol. The molecule has 1 atom stereocenters. The number of ether oxygens (including phenoxy) is 1. The molecule has 0 aromatic heterocycles. The maximum Gasteiger partial charge on any atom is 0.373 e. The van der Waals surface area contributed by atoms with E-state index in [1.807, 2.05) is 6.92 Å². The fourth-order valence-electron chi connectivity index (χ4n) is 0.677. The van der Waals surface area contributed by atoms with E-state index >= 15 is 0 Å². The second-order valence-electron chi connectivity index (χ2n) is 1.90. The molecule has 0 spiro atoms. The average Bonchev–Trinajstić information content (AvgIpc) is 2.13. The molecule has 0 radical (unpaired) electrons. The number of hydrogen-bond acceptors (Lipinski definition) is 3. The molecule has 3 nitrogen and oxygen atoms in total. The SMILES string of the molecule is C.CCC1C=C(O)C(=O)O1. The summed E-state index contributed by atoms with van der Waals surface area (Å²) < 4.78 is 4.64. The van der Waals surface area contributed by atoms with Crippen LogP contribution in [0.4, 0.5) is 0 Å². The van der Waals surface area contributed by atoms with Gasteiger partial charge in [0.05, 0.1) is 0 Å². The maximum absolute atomic E-state index is 10.4. The minimum absolute atomic E-state index is 0. The lowest BCUT2D eigenvalue weighted by Gasteiger charge is -2.00. The zero-order valence-electron chi connectivity index (χ0n) is 5.13. The van der Waals surface area contributed by atoms with Gasteiger partial charge < -0.3 is 9.84 Å². The normalized spacial score (nSPS) is 23.1. The van der Waals surface area contributed by atoms with E-state index in [0.717, 1.165) is 6.42 Å². The molecule has 1 N–H and O–H groups in total. The summed E-state index contributed by atoms with van der Waals surface area (Å²) in [5, 5.41) is 8.69. The van der Waals surface area contributed by atoms with E-state index in [0.29, 0.717) is 0 Å².